The Balaban J connectivity index is 2.18. The quantitative estimate of drug-likeness (QED) is 0.234. The van der Waals surface area contributed by atoms with E-state index in [4.69, 9.17) is 10.5 Å². The third kappa shape index (κ3) is 9.18. The zero-order valence-corrected chi connectivity index (χ0v) is 20.5. The van der Waals surface area contributed by atoms with Gasteiger partial charge in [-0.3, -0.25) is 15.7 Å². The molecule has 0 heterocycles. The number of nitrogens with zero attached hydrogens (tertiary/aromatic N) is 2. The number of allylic oxidation sites excluding steroid dienone is 3. The minimum Gasteiger partial charge on any atom is -0.493 e. The summed E-state index contributed by atoms with van der Waals surface area (Å²) in [5.74, 6) is -0.557. The van der Waals surface area contributed by atoms with Crippen LogP contribution in [0.1, 0.15) is 58.6 Å². The van der Waals surface area contributed by atoms with E-state index in [9.17, 15) is 4.39 Å². The van der Waals surface area contributed by atoms with Crippen LogP contribution in [0.15, 0.2) is 70.0 Å². The van der Waals surface area contributed by atoms with Crippen LogP contribution in [0.25, 0.3) is 5.70 Å². The second-order valence-corrected chi connectivity index (χ2v) is 9.05. The number of nitrogens with one attached hydrogen (secondary N) is 1. The summed E-state index contributed by atoms with van der Waals surface area (Å²) in [5.41, 5.74) is 11.2. The number of ether oxygens (including phenoxy) is 1. The number of hydrogen-bond donors (Lipinski definition) is 2. The first kappa shape index (κ1) is 26.3. The number of aliphatic imine (C=N–C) groups is 2. The summed E-state index contributed by atoms with van der Waals surface area (Å²) in [6, 6.07) is 6.08. The molecule has 1 aliphatic rings. The average Bonchev–Trinajstić information content (AvgIpc) is 3.58. The van der Waals surface area contributed by atoms with E-state index in [1.165, 1.54) is 19.8 Å². The number of halogens is 1. The minimum absolute atomic E-state index is 0.0805. The van der Waals surface area contributed by atoms with Crippen molar-refractivity contribution in [2.24, 2.45) is 21.6 Å². The summed E-state index contributed by atoms with van der Waals surface area (Å²) in [6.45, 7) is 18.0. The molecule has 0 saturated heterocycles. The molecule has 1 atom stereocenters. The molecule has 33 heavy (non-hydrogen) atoms. The number of benzene rings is 1. The van der Waals surface area contributed by atoms with Crippen LogP contribution in [-0.2, 0) is 0 Å². The lowest BCUT2D eigenvalue weighted by Crippen LogP contribution is -2.31. The van der Waals surface area contributed by atoms with Crippen LogP contribution in [0.4, 0.5) is 4.39 Å². The number of alkyl halides is 1. The molecule has 1 fully saturated rings. The van der Waals surface area contributed by atoms with E-state index in [1.807, 2.05) is 46.0 Å². The SMILES string of the molecule is C=N/C(=C\C=C(/C)CNC(=C)c1cc(OCC2CC2)cc(/C(C)=N/C=C(C)C)c1)C(C)(N)F. The average molecular weight is 453 g/mol. The monoisotopic (exact) mass is 452 g/mol. The van der Waals surface area contributed by atoms with Crippen molar-refractivity contribution in [3.05, 3.63) is 71.1 Å². The number of nitrogens with two attached hydrogens (primary N) is 1. The fraction of sp³-hybridized carbons (Fsp3) is 0.407. The molecule has 1 aromatic rings. The molecule has 5 nitrogen and oxygen atoms in total. The Bertz CT molecular complexity index is 988. The van der Waals surface area contributed by atoms with Gasteiger partial charge in [0.2, 0.25) is 0 Å². The van der Waals surface area contributed by atoms with Gasteiger partial charge < -0.3 is 10.1 Å². The van der Waals surface area contributed by atoms with Crippen molar-refractivity contribution < 1.29 is 9.13 Å². The second kappa shape index (κ2) is 11.8. The van der Waals surface area contributed by atoms with Gasteiger partial charge in [-0.15, -0.1) is 0 Å². The zero-order chi connectivity index (χ0) is 24.6. The molecule has 2 rings (SSSR count). The van der Waals surface area contributed by atoms with Gasteiger partial charge in [-0.05, 0) is 89.9 Å². The van der Waals surface area contributed by atoms with Crippen LogP contribution in [0, 0.1) is 5.92 Å². The van der Waals surface area contributed by atoms with Crippen molar-refractivity contribution in [1.29, 1.82) is 0 Å². The van der Waals surface area contributed by atoms with E-state index >= 15 is 0 Å². The van der Waals surface area contributed by atoms with Crippen molar-refractivity contribution in [1.82, 2.24) is 5.32 Å². The van der Waals surface area contributed by atoms with E-state index in [0.717, 1.165) is 46.0 Å². The predicted octanol–water partition coefficient (Wildman–Crippen LogP) is 5.94. The molecule has 0 aliphatic heterocycles. The maximum absolute atomic E-state index is 13.9. The molecule has 1 aliphatic carbocycles. The van der Waals surface area contributed by atoms with Gasteiger partial charge in [0.25, 0.3) is 0 Å². The highest BCUT2D eigenvalue weighted by molar-refractivity contribution is 6.00. The van der Waals surface area contributed by atoms with Gasteiger partial charge in [-0.25, -0.2) is 4.39 Å². The highest BCUT2D eigenvalue weighted by atomic mass is 19.1. The van der Waals surface area contributed by atoms with Gasteiger partial charge in [0.15, 0.2) is 5.79 Å². The van der Waals surface area contributed by atoms with E-state index in [2.05, 4.69) is 34.7 Å². The lowest BCUT2D eigenvalue weighted by atomic mass is 10.0. The molecular weight excluding hydrogens is 415 g/mol. The zero-order valence-electron chi connectivity index (χ0n) is 20.5. The molecular formula is C27H37FN4O. The van der Waals surface area contributed by atoms with Crippen LogP contribution < -0.4 is 15.8 Å². The lowest BCUT2D eigenvalue weighted by Gasteiger charge is -2.15. The van der Waals surface area contributed by atoms with Gasteiger partial charge in [0.1, 0.15) is 5.75 Å². The summed E-state index contributed by atoms with van der Waals surface area (Å²) in [5, 5.41) is 3.33. The van der Waals surface area contributed by atoms with Crippen LogP contribution in [0.2, 0.25) is 0 Å². The van der Waals surface area contributed by atoms with Crippen molar-refractivity contribution in [2.45, 2.75) is 53.3 Å². The summed E-state index contributed by atoms with van der Waals surface area (Å²) >= 11 is 0. The summed E-state index contributed by atoms with van der Waals surface area (Å²) in [4.78, 5) is 8.23. The Hall–Kier alpha value is -2.99. The van der Waals surface area contributed by atoms with Crippen molar-refractivity contribution in [3.63, 3.8) is 0 Å². The molecule has 178 valence electrons. The Kier molecular flexibility index (Phi) is 9.35. The van der Waals surface area contributed by atoms with E-state index in [0.29, 0.717) is 12.5 Å². The molecule has 0 radical (unpaired) electrons. The smallest absolute Gasteiger partial charge is 0.198 e. The fourth-order valence-corrected chi connectivity index (χ4v) is 2.86. The van der Waals surface area contributed by atoms with Gasteiger partial charge >= 0.3 is 0 Å². The first-order chi connectivity index (χ1) is 15.5. The van der Waals surface area contributed by atoms with Gasteiger partial charge in [0.05, 0.1) is 12.3 Å². The van der Waals surface area contributed by atoms with Crippen molar-refractivity contribution in [3.8, 4) is 5.75 Å². The maximum Gasteiger partial charge on any atom is 0.198 e. The molecule has 0 bridgehead atoms. The Morgan fingerprint density at radius 3 is 2.45 bits per heavy atom. The van der Waals surface area contributed by atoms with Crippen molar-refractivity contribution >= 4 is 18.1 Å². The standard InChI is InChI=1S/C27H37FN4O/c1-18(2)15-31-20(4)23-12-24(14-25(13-23)33-17-22-9-10-22)21(5)32-16-19(3)8-11-26(30-7)27(6,28)29/h8,11-15,22,32H,5,7,9-10,16-17,29H2,1-4,6H3/b19-8+,26-11-,31-20+. The van der Waals surface area contributed by atoms with Gasteiger partial charge in [0, 0.05) is 29.7 Å². The minimum atomic E-state index is -2.03. The van der Waals surface area contributed by atoms with Crippen LogP contribution in [0.5, 0.6) is 5.75 Å². The number of hydrogen-bond acceptors (Lipinski definition) is 5. The summed E-state index contributed by atoms with van der Waals surface area (Å²) in [6.07, 6.45) is 7.64. The van der Waals surface area contributed by atoms with Crippen LogP contribution in [0.3, 0.4) is 0 Å². The highest BCUT2D eigenvalue weighted by Crippen LogP contribution is 2.30. The first-order valence-electron chi connectivity index (χ1n) is 11.2. The first-order valence-corrected chi connectivity index (χ1v) is 11.2. The third-order valence-electron chi connectivity index (χ3n) is 5.15. The predicted molar refractivity (Wildman–Crippen MR) is 138 cm³/mol. The molecule has 0 aromatic heterocycles. The highest BCUT2D eigenvalue weighted by Gasteiger charge is 2.22. The molecule has 1 unspecified atom stereocenters. The van der Waals surface area contributed by atoms with E-state index in [1.54, 1.807) is 12.2 Å². The Morgan fingerprint density at radius 1 is 1.21 bits per heavy atom. The molecule has 1 saturated carbocycles. The largest absolute Gasteiger partial charge is 0.493 e. The van der Waals surface area contributed by atoms with E-state index < -0.39 is 5.79 Å². The maximum atomic E-state index is 13.9. The third-order valence-corrected chi connectivity index (χ3v) is 5.15. The van der Waals surface area contributed by atoms with Gasteiger partial charge in [-0.1, -0.05) is 23.8 Å². The Labute approximate surface area is 197 Å². The second-order valence-electron chi connectivity index (χ2n) is 9.05. The summed E-state index contributed by atoms with van der Waals surface area (Å²) < 4.78 is 19.9. The van der Waals surface area contributed by atoms with E-state index in [-0.39, 0.29) is 5.70 Å². The Morgan fingerprint density at radius 2 is 1.88 bits per heavy atom. The molecule has 0 spiro atoms. The molecule has 1 aromatic carbocycles. The molecule has 0 amide bonds. The van der Waals surface area contributed by atoms with Crippen LogP contribution in [-0.4, -0.2) is 31.4 Å². The molecule has 3 N–H and O–H groups in total. The number of rotatable bonds is 12. The normalized spacial score (nSPS) is 16.6. The van der Waals surface area contributed by atoms with Crippen molar-refractivity contribution in [2.75, 3.05) is 13.2 Å². The molecule has 6 heteroatoms. The fourth-order valence-electron chi connectivity index (χ4n) is 2.86. The van der Waals surface area contributed by atoms with Crippen LogP contribution >= 0.6 is 0 Å². The lowest BCUT2D eigenvalue weighted by molar-refractivity contribution is 0.248. The summed E-state index contributed by atoms with van der Waals surface area (Å²) in [7, 11) is 0. The topological polar surface area (TPSA) is 72.0 Å². The van der Waals surface area contributed by atoms with Gasteiger partial charge in [-0.2, -0.15) is 0 Å².